The molecule has 0 saturated heterocycles. The molecule has 31 heavy (non-hydrogen) atoms. The summed E-state index contributed by atoms with van der Waals surface area (Å²) >= 11 is 0. The van der Waals surface area contributed by atoms with Crippen LogP contribution in [0.4, 0.5) is 11.5 Å². The number of carbonyl (C=O) groups excluding carboxylic acids is 3. The van der Waals surface area contributed by atoms with Crippen LogP contribution in [-0.4, -0.2) is 49.2 Å². The summed E-state index contributed by atoms with van der Waals surface area (Å²) in [6, 6.07) is 10.4. The van der Waals surface area contributed by atoms with Crippen LogP contribution in [-0.2, 0) is 19.1 Å². The molecule has 0 radical (unpaired) electrons. The lowest BCUT2D eigenvalue weighted by atomic mass is 10.2. The third-order valence-electron chi connectivity index (χ3n) is 3.98. The van der Waals surface area contributed by atoms with E-state index in [1.165, 1.54) is 0 Å². The number of pyridine rings is 1. The van der Waals surface area contributed by atoms with Gasteiger partial charge in [0.1, 0.15) is 17.1 Å². The fraction of sp³-hybridized carbons (Fsp3) is 0.364. The Hall–Kier alpha value is -3.62. The van der Waals surface area contributed by atoms with Gasteiger partial charge >= 0.3 is 11.9 Å². The van der Waals surface area contributed by atoms with E-state index >= 15 is 0 Å². The van der Waals surface area contributed by atoms with E-state index in [0.29, 0.717) is 25.5 Å². The van der Waals surface area contributed by atoms with Gasteiger partial charge in [0.05, 0.1) is 13.2 Å². The molecule has 2 N–H and O–H groups in total. The first-order valence-corrected chi connectivity index (χ1v) is 10.1. The molecule has 0 aliphatic heterocycles. The van der Waals surface area contributed by atoms with Crippen LogP contribution in [0.5, 0.6) is 5.75 Å². The Kier molecular flexibility index (Phi) is 9.80. The molecular formula is C22H27N3O6. The second-order valence-corrected chi connectivity index (χ2v) is 6.32. The minimum Gasteiger partial charge on any atom is -0.494 e. The van der Waals surface area contributed by atoms with Crippen molar-refractivity contribution >= 4 is 29.4 Å². The molecule has 2 aromatic rings. The number of carbonyl (C=O) groups is 3. The molecule has 0 aliphatic carbocycles. The number of nitrogens with zero attached hydrogens (tertiary/aromatic N) is 1. The maximum absolute atomic E-state index is 12.4. The Morgan fingerprint density at radius 2 is 1.77 bits per heavy atom. The van der Waals surface area contributed by atoms with Crippen LogP contribution in [0.15, 0.2) is 42.6 Å². The SMILES string of the molecule is CCOC(=O)CCCNC(=O)COC(=O)c1cccnc1Nc1ccc(OCC)cc1. The van der Waals surface area contributed by atoms with Gasteiger partial charge in [0.15, 0.2) is 6.61 Å². The summed E-state index contributed by atoms with van der Waals surface area (Å²) < 4.78 is 15.3. The minimum atomic E-state index is -0.678. The standard InChI is InChI=1S/C22H27N3O6/c1-3-29-17-11-9-16(10-12-17)25-21-18(7-5-14-24-21)22(28)31-15-19(26)23-13-6-8-20(27)30-4-2/h5,7,9-12,14H,3-4,6,8,13,15H2,1-2H3,(H,23,26)(H,24,25). The van der Waals surface area contributed by atoms with Gasteiger partial charge in [0.25, 0.3) is 5.91 Å². The van der Waals surface area contributed by atoms with Gasteiger partial charge in [-0.25, -0.2) is 9.78 Å². The summed E-state index contributed by atoms with van der Waals surface area (Å²) in [5, 5.41) is 5.65. The summed E-state index contributed by atoms with van der Waals surface area (Å²) in [5.74, 6) is -0.397. The van der Waals surface area contributed by atoms with E-state index in [2.05, 4.69) is 15.6 Å². The maximum Gasteiger partial charge on any atom is 0.342 e. The predicted molar refractivity (Wildman–Crippen MR) is 114 cm³/mol. The number of rotatable bonds is 12. The molecule has 2 rings (SSSR count). The molecular weight excluding hydrogens is 402 g/mol. The monoisotopic (exact) mass is 429 g/mol. The van der Waals surface area contributed by atoms with Gasteiger partial charge in [-0.3, -0.25) is 9.59 Å². The van der Waals surface area contributed by atoms with Gasteiger partial charge < -0.3 is 24.8 Å². The van der Waals surface area contributed by atoms with E-state index in [4.69, 9.17) is 14.2 Å². The molecule has 166 valence electrons. The van der Waals surface area contributed by atoms with Gasteiger partial charge in [-0.1, -0.05) is 0 Å². The van der Waals surface area contributed by atoms with E-state index in [0.717, 1.165) is 11.4 Å². The molecule has 1 aromatic heterocycles. The Labute approximate surface area is 181 Å². The van der Waals surface area contributed by atoms with Gasteiger partial charge in [-0.15, -0.1) is 0 Å². The van der Waals surface area contributed by atoms with Crippen molar-refractivity contribution < 1.29 is 28.6 Å². The Bertz CT molecular complexity index is 870. The zero-order valence-corrected chi connectivity index (χ0v) is 17.7. The van der Waals surface area contributed by atoms with Crippen LogP contribution in [0.2, 0.25) is 0 Å². The number of ether oxygens (including phenoxy) is 3. The van der Waals surface area contributed by atoms with Crippen molar-refractivity contribution in [3.05, 3.63) is 48.2 Å². The molecule has 0 fully saturated rings. The molecule has 1 aromatic carbocycles. The highest BCUT2D eigenvalue weighted by atomic mass is 16.5. The van der Waals surface area contributed by atoms with Crippen LogP contribution < -0.4 is 15.4 Å². The van der Waals surface area contributed by atoms with Crippen molar-refractivity contribution in [1.29, 1.82) is 0 Å². The second-order valence-electron chi connectivity index (χ2n) is 6.32. The lowest BCUT2D eigenvalue weighted by Crippen LogP contribution is -2.30. The van der Waals surface area contributed by atoms with Gasteiger partial charge in [-0.05, 0) is 56.7 Å². The highest BCUT2D eigenvalue weighted by Crippen LogP contribution is 2.21. The number of hydrogen-bond acceptors (Lipinski definition) is 8. The van der Waals surface area contributed by atoms with E-state index < -0.39 is 18.5 Å². The number of hydrogen-bond donors (Lipinski definition) is 2. The summed E-state index contributed by atoms with van der Waals surface area (Å²) in [5.41, 5.74) is 0.919. The van der Waals surface area contributed by atoms with Crippen LogP contribution in [0.25, 0.3) is 0 Å². The average molecular weight is 429 g/mol. The lowest BCUT2D eigenvalue weighted by molar-refractivity contribution is -0.143. The summed E-state index contributed by atoms with van der Waals surface area (Å²) in [6.45, 7) is 4.38. The number of benzene rings is 1. The number of esters is 2. The third-order valence-corrected chi connectivity index (χ3v) is 3.98. The molecule has 1 amide bonds. The van der Waals surface area contributed by atoms with Gasteiger partial charge in [0, 0.05) is 24.8 Å². The van der Waals surface area contributed by atoms with Gasteiger partial charge in [0.2, 0.25) is 0 Å². The van der Waals surface area contributed by atoms with Crippen molar-refractivity contribution in [2.24, 2.45) is 0 Å². The van der Waals surface area contributed by atoms with Crippen LogP contribution in [0.1, 0.15) is 37.0 Å². The predicted octanol–water partition coefficient (Wildman–Crippen LogP) is 2.84. The molecule has 1 heterocycles. The molecule has 9 nitrogen and oxygen atoms in total. The quantitative estimate of drug-likeness (QED) is 0.391. The third kappa shape index (κ3) is 8.33. The first kappa shape index (κ1) is 23.7. The zero-order valence-electron chi connectivity index (χ0n) is 17.7. The molecule has 0 spiro atoms. The molecule has 9 heteroatoms. The first-order valence-electron chi connectivity index (χ1n) is 10.1. The summed E-state index contributed by atoms with van der Waals surface area (Å²) in [6.07, 6.45) is 2.20. The van der Waals surface area contributed by atoms with E-state index in [-0.39, 0.29) is 24.5 Å². The fourth-order valence-corrected chi connectivity index (χ4v) is 2.56. The normalized spacial score (nSPS) is 10.1. The maximum atomic E-state index is 12.4. The minimum absolute atomic E-state index is 0.200. The smallest absolute Gasteiger partial charge is 0.342 e. The number of anilines is 2. The highest BCUT2D eigenvalue weighted by molar-refractivity contribution is 5.96. The number of aromatic nitrogens is 1. The van der Waals surface area contributed by atoms with Crippen LogP contribution in [0, 0.1) is 0 Å². The number of nitrogens with one attached hydrogen (secondary N) is 2. The van der Waals surface area contributed by atoms with E-state index in [9.17, 15) is 14.4 Å². The molecule has 0 bridgehead atoms. The number of amides is 1. The van der Waals surface area contributed by atoms with Crippen LogP contribution in [0.3, 0.4) is 0 Å². The zero-order chi connectivity index (χ0) is 22.5. The van der Waals surface area contributed by atoms with E-state index in [1.54, 1.807) is 49.5 Å². The Morgan fingerprint density at radius 1 is 1.00 bits per heavy atom. The summed E-state index contributed by atoms with van der Waals surface area (Å²) in [4.78, 5) is 39.7. The van der Waals surface area contributed by atoms with Crippen molar-refractivity contribution in [2.75, 3.05) is 31.7 Å². The van der Waals surface area contributed by atoms with E-state index in [1.807, 2.05) is 6.92 Å². The first-order chi connectivity index (χ1) is 15.0. The second kappa shape index (κ2) is 12.8. The molecule has 0 saturated carbocycles. The summed E-state index contributed by atoms with van der Waals surface area (Å²) in [7, 11) is 0. The lowest BCUT2D eigenvalue weighted by Gasteiger charge is -2.11. The largest absolute Gasteiger partial charge is 0.494 e. The molecule has 0 atom stereocenters. The van der Waals surface area contributed by atoms with Crippen molar-refractivity contribution in [3.8, 4) is 5.75 Å². The molecule has 0 unspecified atom stereocenters. The van der Waals surface area contributed by atoms with Crippen LogP contribution >= 0.6 is 0 Å². The Balaban J connectivity index is 1.84. The van der Waals surface area contributed by atoms with Crippen molar-refractivity contribution in [1.82, 2.24) is 10.3 Å². The van der Waals surface area contributed by atoms with Crippen molar-refractivity contribution in [3.63, 3.8) is 0 Å². The van der Waals surface area contributed by atoms with Crippen molar-refractivity contribution in [2.45, 2.75) is 26.7 Å². The Morgan fingerprint density at radius 3 is 2.48 bits per heavy atom. The highest BCUT2D eigenvalue weighted by Gasteiger charge is 2.15. The van der Waals surface area contributed by atoms with Gasteiger partial charge in [-0.2, -0.15) is 0 Å². The topological polar surface area (TPSA) is 116 Å². The fourth-order valence-electron chi connectivity index (χ4n) is 2.56. The average Bonchev–Trinajstić information content (AvgIpc) is 2.77. The molecule has 0 aliphatic rings.